The molecule has 1 aromatic rings. The van der Waals surface area contributed by atoms with Gasteiger partial charge in [-0.3, -0.25) is 0 Å². The zero-order valence-electron chi connectivity index (χ0n) is 10.2. The molecule has 0 radical (unpaired) electrons. The second-order valence-electron chi connectivity index (χ2n) is 5.86. The molecule has 16 heavy (non-hydrogen) atoms. The molecule has 3 rings (SSSR count). The van der Waals surface area contributed by atoms with Crippen LogP contribution in [0.1, 0.15) is 25.0 Å². The molecule has 1 aromatic carbocycles. The van der Waals surface area contributed by atoms with E-state index in [-0.39, 0.29) is 0 Å². The van der Waals surface area contributed by atoms with E-state index in [2.05, 4.69) is 42.3 Å². The molecule has 0 unspecified atom stereocenters. The molecule has 1 fully saturated rings. The largest absolute Gasteiger partial charge is 0.370 e. The summed E-state index contributed by atoms with van der Waals surface area (Å²) in [5.41, 5.74) is 5.04. The molecule has 1 N–H and O–H groups in total. The number of nitrogens with one attached hydrogen (secondary N) is 1. The van der Waals surface area contributed by atoms with E-state index in [4.69, 9.17) is 0 Å². The quantitative estimate of drug-likeness (QED) is 0.774. The third-order valence-electron chi connectivity index (χ3n) is 3.70. The average molecular weight is 216 g/mol. The van der Waals surface area contributed by atoms with Gasteiger partial charge in [-0.2, -0.15) is 0 Å². The summed E-state index contributed by atoms with van der Waals surface area (Å²) in [7, 11) is 0. The first-order valence-electron chi connectivity index (χ1n) is 6.22. The molecular weight excluding hydrogens is 196 g/mol. The Morgan fingerprint density at radius 3 is 2.81 bits per heavy atom. The van der Waals surface area contributed by atoms with Crippen LogP contribution in [0.2, 0.25) is 0 Å². The Bertz CT molecular complexity index is 401. The van der Waals surface area contributed by atoms with Gasteiger partial charge in [-0.1, -0.05) is 26.0 Å². The highest BCUT2D eigenvalue weighted by atomic mass is 15.2. The maximum atomic E-state index is 3.48. The SMILES string of the molecule is CC1(C)CN(c2cccc3c2CNCC3)C1. The van der Waals surface area contributed by atoms with Gasteiger partial charge in [0.2, 0.25) is 0 Å². The summed E-state index contributed by atoms with van der Waals surface area (Å²) in [6.45, 7) is 9.26. The normalized spacial score (nSPS) is 22.5. The average Bonchev–Trinajstić information content (AvgIpc) is 2.25. The van der Waals surface area contributed by atoms with Crippen LogP contribution in [-0.2, 0) is 13.0 Å². The highest BCUT2D eigenvalue weighted by Gasteiger charge is 2.35. The van der Waals surface area contributed by atoms with Crippen LogP contribution >= 0.6 is 0 Å². The Morgan fingerprint density at radius 1 is 1.25 bits per heavy atom. The van der Waals surface area contributed by atoms with Crippen LogP contribution in [0.15, 0.2) is 18.2 Å². The van der Waals surface area contributed by atoms with Gasteiger partial charge in [0, 0.05) is 25.3 Å². The van der Waals surface area contributed by atoms with Gasteiger partial charge in [0.1, 0.15) is 0 Å². The van der Waals surface area contributed by atoms with Crippen molar-refractivity contribution in [2.24, 2.45) is 5.41 Å². The molecule has 2 nitrogen and oxygen atoms in total. The van der Waals surface area contributed by atoms with Gasteiger partial charge in [0.25, 0.3) is 0 Å². The minimum Gasteiger partial charge on any atom is -0.370 e. The molecular formula is C14H20N2. The number of anilines is 1. The maximum absolute atomic E-state index is 3.48. The number of hydrogen-bond acceptors (Lipinski definition) is 2. The van der Waals surface area contributed by atoms with Crippen LogP contribution in [0.4, 0.5) is 5.69 Å². The predicted octanol–water partition coefficient (Wildman–Crippen LogP) is 2.18. The Hall–Kier alpha value is -1.02. The molecule has 2 heterocycles. The summed E-state index contributed by atoms with van der Waals surface area (Å²) in [5, 5.41) is 3.48. The fraction of sp³-hybridized carbons (Fsp3) is 0.571. The standard InChI is InChI=1S/C14H20N2/c1-14(2)9-16(10-14)13-5-3-4-11-6-7-15-8-12(11)13/h3-5,15H,6-10H2,1-2H3. The van der Waals surface area contributed by atoms with Crippen LogP contribution in [0.25, 0.3) is 0 Å². The molecule has 0 amide bonds. The van der Waals surface area contributed by atoms with Gasteiger partial charge in [-0.25, -0.2) is 0 Å². The van der Waals surface area contributed by atoms with Crippen LogP contribution in [0.3, 0.4) is 0 Å². The Labute approximate surface area is 97.6 Å². The van der Waals surface area contributed by atoms with E-state index in [1.54, 1.807) is 5.56 Å². The molecule has 1 saturated heterocycles. The van der Waals surface area contributed by atoms with Crippen LogP contribution in [-0.4, -0.2) is 19.6 Å². The van der Waals surface area contributed by atoms with E-state index >= 15 is 0 Å². The lowest BCUT2D eigenvalue weighted by Gasteiger charge is -2.48. The number of benzene rings is 1. The summed E-state index contributed by atoms with van der Waals surface area (Å²) in [6, 6.07) is 6.77. The van der Waals surface area contributed by atoms with E-state index in [9.17, 15) is 0 Å². The van der Waals surface area contributed by atoms with E-state index in [1.165, 1.54) is 30.8 Å². The Balaban J connectivity index is 1.90. The van der Waals surface area contributed by atoms with Crippen molar-refractivity contribution >= 4 is 5.69 Å². The van der Waals surface area contributed by atoms with Gasteiger partial charge in [-0.05, 0) is 35.6 Å². The molecule has 0 spiro atoms. The number of fused-ring (bicyclic) bond motifs is 1. The minimum atomic E-state index is 0.505. The van der Waals surface area contributed by atoms with E-state index in [1.807, 2.05) is 0 Å². The van der Waals surface area contributed by atoms with Crippen molar-refractivity contribution in [3.63, 3.8) is 0 Å². The van der Waals surface area contributed by atoms with Crippen molar-refractivity contribution in [1.82, 2.24) is 5.32 Å². The maximum Gasteiger partial charge on any atom is 0.0415 e. The van der Waals surface area contributed by atoms with Crippen molar-refractivity contribution in [3.8, 4) is 0 Å². The van der Waals surface area contributed by atoms with E-state index in [0.29, 0.717) is 5.41 Å². The van der Waals surface area contributed by atoms with Gasteiger partial charge >= 0.3 is 0 Å². The van der Waals surface area contributed by atoms with Gasteiger partial charge in [-0.15, -0.1) is 0 Å². The summed E-state index contributed by atoms with van der Waals surface area (Å²) in [5.74, 6) is 0. The fourth-order valence-corrected chi connectivity index (χ4v) is 2.95. The lowest BCUT2D eigenvalue weighted by Crippen LogP contribution is -2.53. The smallest absolute Gasteiger partial charge is 0.0415 e. The first kappa shape index (κ1) is 10.2. The minimum absolute atomic E-state index is 0.505. The fourth-order valence-electron chi connectivity index (χ4n) is 2.95. The van der Waals surface area contributed by atoms with Gasteiger partial charge < -0.3 is 10.2 Å². The molecule has 86 valence electrons. The van der Waals surface area contributed by atoms with Crippen molar-refractivity contribution in [3.05, 3.63) is 29.3 Å². The number of nitrogens with zero attached hydrogens (tertiary/aromatic N) is 1. The lowest BCUT2D eigenvalue weighted by atomic mass is 9.83. The zero-order chi connectivity index (χ0) is 11.2. The number of rotatable bonds is 1. The third-order valence-corrected chi connectivity index (χ3v) is 3.70. The van der Waals surface area contributed by atoms with Crippen LogP contribution < -0.4 is 10.2 Å². The third kappa shape index (κ3) is 1.61. The second-order valence-corrected chi connectivity index (χ2v) is 5.86. The van der Waals surface area contributed by atoms with Gasteiger partial charge in [0.05, 0.1) is 0 Å². The molecule has 0 saturated carbocycles. The first-order valence-corrected chi connectivity index (χ1v) is 6.22. The first-order chi connectivity index (χ1) is 7.66. The van der Waals surface area contributed by atoms with Crippen LogP contribution in [0.5, 0.6) is 0 Å². The topological polar surface area (TPSA) is 15.3 Å². The number of hydrogen-bond donors (Lipinski definition) is 1. The van der Waals surface area contributed by atoms with Crippen LogP contribution in [0, 0.1) is 5.41 Å². The molecule has 0 aliphatic carbocycles. The molecule has 0 aromatic heterocycles. The summed E-state index contributed by atoms with van der Waals surface area (Å²) in [6.07, 6.45) is 1.18. The van der Waals surface area contributed by atoms with Crippen molar-refractivity contribution in [2.45, 2.75) is 26.8 Å². The predicted molar refractivity (Wildman–Crippen MR) is 67.8 cm³/mol. The summed E-state index contributed by atoms with van der Waals surface area (Å²) >= 11 is 0. The molecule has 0 bridgehead atoms. The zero-order valence-corrected chi connectivity index (χ0v) is 10.2. The molecule has 0 atom stereocenters. The highest BCUT2D eigenvalue weighted by molar-refractivity contribution is 5.59. The van der Waals surface area contributed by atoms with E-state index < -0.39 is 0 Å². The molecule has 2 aliphatic rings. The monoisotopic (exact) mass is 216 g/mol. The van der Waals surface area contributed by atoms with Crippen molar-refractivity contribution < 1.29 is 0 Å². The molecule has 2 aliphatic heterocycles. The second kappa shape index (κ2) is 3.49. The Morgan fingerprint density at radius 2 is 2.06 bits per heavy atom. The van der Waals surface area contributed by atoms with E-state index in [0.717, 1.165) is 13.1 Å². The van der Waals surface area contributed by atoms with Crippen molar-refractivity contribution in [2.75, 3.05) is 24.5 Å². The van der Waals surface area contributed by atoms with Crippen molar-refractivity contribution in [1.29, 1.82) is 0 Å². The molecule has 2 heteroatoms. The highest BCUT2D eigenvalue weighted by Crippen LogP contribution is 2.36. The Kier molecular flexibility index (Phi) is 2.21. The lowest BCUT2D eigenvalue weighted by molar-refractivity contribution is 0.276. The summed E-state index contributed by atoms with van der Waals surface area (Å²) < 4.78 is 0. The summed E-state index contributed by atoms with van der Waals surface area (Å²) in [4.78, 5) is 2.52. The van der Waals surface area contributed by atoms with Gasteiger partial charge in [0.15, 0.2) is 0 Å².